The van der Waals surface area contributed by atoms with Gasteiger partial charge in [-0.05, 0) is 37.3 Å². The third kappa shape index (κ3) is 4.47. The predicted molar refractivity (Wildman–Crippen MR) is 65.4 cm³/mol. The van der Waals surface area contributed by atoms with Gasteiger partial charge in [-0.1, -0.05) is 31.2 Å². The normalized spacial score (nSPS) is 10.1. The maximum absolute atomic E-state index is 11.1. The number of esters is 1. The molecule has 0 radical (unpaired) electrons. The summed E-state index contributed by atoms with van der Waals surface area (Å²) in [4.78, 5) is 11.1. The molecule has 0 aliphatic carbocycles. The van der Waals surface area contributed by atoms with Gasteiger partial charge in [-0.2, -0.15) is 0 Å². The van der Waals surface area contributed by atoms with Crippen LogP contribution < -0.4 is 0 Å². The molecule has 0 saturated heterocycles. The molecule has 0 aliphatic heterocycles. The molecule has 0 bridgehead atoms. The van der Waals surface area contributed by atoms with Gasteiger partial charge in [-0.25, -0.2) is 0 Å². The summed E-state index contributed by atoms with van der Waals surface area (Å²) in [6, 6.07) is 8.59. The second-order valence-corrected chi connectivity index (χ2v) is 3.83. The number of carbonyl (C=O) groups is 1. The molecule has 1 rings (SSSR count). The quantitative estimate of drug-likeness (QED) is 0.688. The van der Waals surface area contributed by atoms with E-state index in [4.69, 9.17) is 4.74 Å². The summed E-state index contributed by atoms with van der Waals surface area (Å²) in [7, 11) is 0. The van der Waals surface area contributed by atoms with Crippen LogP contribution >= 0.6 is 0 Å². The fourth-order valence-corrected chi connectivity index (χ4v) is 1.61. The molecule has 0 N–H and O–H groups in total. The lowest BCUT2D eigenvalue weighted by Crippen LogP contribution is -2.03. The first-order valence-electron chi connectivity index (χ1n) is 5.99. The van der Waals surface area contributed by atoms with Crippen molar-refractivity contribution < 1.29 is 9.53 Å². The fraction of sp³-hybridized carbons (Fsp3) is 0.500. The molecular formula is C14H20O2. The molecule has 0 spiro atoms. The van der Waals surface area contributed by atoms with Gasteiger partial charge in [0.2, 0.25) is 0 Å². The Balaban J connectivity index is 2.29. The van der Waals surface area contributed by atoms with E-state index in [0.717, 1.165) is 19.3 Å². The molecule has 16 heavy (non-hydrogen) atoms. The molecule has 0 saturated carbocycles. The Morgan fingerprint density at radius 1 is 1.12 bits per heavy atom. The van der Waals surface area contributed by atoms with Gasteiger partial charge in [0.15, 0.2) is 0 Å². The largest absolute Gasteiger partial charge is 0.466 e. The SMILES string of the molecule is CCOC(=O)CCCc1ccc(CC)cc1. The first-order chi connectivity index (χ1) is 7.76. The van der Waals surface area contributed by atoms with Gasteiger partial charge in [-0.3, -0.25) is 4.79 Å². The first kappa shape index (κ1) is 12.8. The molecule has 0 amide bonds. The number of hydrogen-bond donors (Lipinski definition) is 0. The van der Waals surface area contributed by atoms with Gasteiger partial charge in [-0.15, -0.1) is 0 Å². The van der Waals surface area contributed by atoms with Crippen LogP contribution in [0, 0.1) is 0 Å². The molecule has 0 heterocycles. The van der Waals surface area contributed by atoms with Crippen LogP contribution in [0.25, 0.3) is 0 Å². The van der Waals surface area contributed by atoms with Gasteiger partial charge >= 0.3 is 5.97 Å². The van der Waals surface area contributed by atoms with E-state index in [9.17, 15) is 4.79 Å². The molecule has 0 aliphatic rings. The minimum absolute atomic E-state index is 0.0901. The Labute approximate surface area is 97.6 Å². The van der Waals surface area contributed by atoms with Crippen molar-refractivity contribution in [1.82, 2.24) is 0 Å². The van der Waals surface area contributed by atoms with Gasteiger partial charge in [0.1, 0.15) is 0 Å². The van der Waals surface area contributed by atoms with Crippen LogP contribution in [-0.4, -0.2) is 12.6 Å². The highest BCUT2D eigenvalue weighted by Gasteiger charge is 2.01. The predicted octanol–water partition coefficient (Wildman–Crippen LogP) is 3.13. The minimum atomic E-state index is -0.0901. The van der Waals surface area contributed by atoms with Gasteiger partial charge in [0.05, 0.1) is 6.61 Å². The average molecular weight is 220 g/mol. The first-order valence-corrected chi connectivity index (χ1v) is 5.99. The molecule has 2 heteroatoms. The second-order valence-electron chi connectivity index (χ2n) is 3.83. The van der Waals surface area contributed by atoms with Crippen LogP contribution in [0.3, 0.4) is 0 Å². The minimum Gasteiger partial charge on any atom is -0.466 e. The average Bonchev–Trinajstić information content (AvgIpc) is 2.30. The molecule has 0 unspecified atom stereocenters. The van der Waals surface area contributed by atoms with Crippen molar-refractivity contribution in [2.24, 2.45) is 0 Å². The van der Waals surface area contributed by atoms with Crippen molar-refractivity contribution in [2.75, 3.05) is 6.61 Å². The van der Waals surface area contributed by atoms with E-state index in [1.807, 2.05) is 6.92 Å². The molecule has 1 aromatic carbocycles. The number of benzene rings is 1. The van der Waals surface area contributed by atoms with Crippen molar-refractivity contribution in [3.63, 3.8) is 0 Å². The summed E-state index contributed by atoms with van der Waals surface area (Å²) < 4.78 is 4.88. The highest BCUT2D eigenvalue weighted by molar-refractivity contribution is 5.69. The zero-order valence-corrected chi connectivity index (χ0v) is 10.2. The highest BCUT2D eigenvalue weighted by atomic mass is 16.5. The van der Waals surface area contributed by atoms with Crippen LogP contribution in [0.15, 0.2) is 24.3 Å². The number of carbonyl (C=O) groups excluding carboxylic acids is 1. The molecule has 88 valence electrons. The van der Waals surface area contributed by atoms with Crippen LogP contribution in [0.1, 0.15) is 37.8 Å². The summed E-state index contributed by atoms with van der Waals surface area (Å²) in [6.45, 7) is 4.46. The smallest absolute Gasteiger partial charge is 0.305 e. The summed E-state index contributed by atoms with van der Waals surface area (Å²) >= 11 is 0. The van der Waals surface area contributed by atoms with Crippen LogP contribution in [0.4, 0.5) is 0 Å². The van der Waals surface area contributed by atoms with Crippen LogP contribution in [0.2, 0.25) is 0 Å². The van der Waals surface area contributed by atoms with Crippen molar-refractivity contribution in [3.05, 3.63) is 35.4 Å². The Bertz CT molecular complexity index is 314. The van der Waals surface area contributed by atoms with Crippen molar-refractivity contribution >= 4 is 5.97 Å². The number of aryl methyl sites for hydroxylation is 2. The Morgan fingerprint density at radius 3 is 2.31 bits per heavy atom. The van der Waals surface area contributed by atoms with Crippen molar-refractivity contribution in [1.29, 1.82) is 0 Å². The monoisotopic (exact) mass is 220 g/mol. The topological polar surface area (TPSA) is 26.3 Å². The molecule has 0 fully saturated rings. The van der Waals surface area contributed by atoms with E-state index in [0.29, 0.717) is 13.0 Å². The second kappa shape index (κ2) is 7.04. The Kier molecular flexibility index (Phi) is 5.62. The van der Waals surface area contributed by atoms with E-state index in [-0.39, 0.29) is 5.97 Å². The summed E-state index contributed by atoms with van der Waals surface area (Å²) in [6.07, 6.45) is 3.40. The van der Waals surface area contributed by atoms with Gasteiger partial charge in [0, 0.05) is 6.42 Å². The standard InChI is InChI=1S/C14H20O2/c1-3-12-8-10-13(11-9-12)6-5-7-14(15)16-4-2/h8-11H,3-7H2,1-2H3. The number of rotatable bonds is 6. The lowest BCUT2D eigenvalue weighted by atomic mass is 10.1. The summed E-state index contributed by atoms with van der Waals surface area (Å²) in [5.74, 6) is -0.0901. The third-order valence-corrected chi connectivity index (χ3v) is 2.58. The summed E-state index contributed by atoms with van der Waals surface area (Å²) in [5.41, 5.74) is 2.65. The molecule has 1 aromatic rings. The Morgan fingerprint density at radius 2 is 1.75 bits per heavy atom. The van der Waals surface area contributed by atoms with Crippen LogP contribution in [-0.2, 0) is 22.4 Å². The van der Waals surface area contributed by atoms with E-state index in [1.165, 1.54) is 11.1 Å². The van der Waals surface area contributed by atoms with E-state index in [2.05, 4.69) is 31.2 Å². The molecule has 2 nitrogen and oxygen atoms in total. The van der Waals surface area contributed by atoms with E-state index in [1.54, 1.807) is 0 Å². The van der Waals surface area contributed by atoms with Crippen molar-refractivity contribution in [2.45, 2.75) is 39.5 Å². The molecule has 0 aromatic heterocycles. The van der Waals surface area contributed by atoms with Gasteiger partial charge in [0.25, 0.3) is 0 Å². The Hall–Kier alpha value is -1.31. The van der Waals surface area contributed by atoms with E-state index < -0.39 is 0 Å². The van der Waals surface area contributed by atoms with Gasteiger partial charge < -0.3 is 4.74 Å². The number of hydrogen-bond acceptors (Lipinski definition) is 2. The highest BCUT2D eigenvalue weighted by Crippen LogP contribution is 2.08. The lowest BCUT2D eigenvalue weighted by molar-refractivity contribution is -0.143. The lowest BCUT2D eigenvalue weighted by Gasteiger charge is -2.03. The molecular weight excluding hydrogens is 200 g/mol. The zero-order valence-electron chi connectivity index (χ0n) is 10.2. The zero-order chi connectivity index (χ0) is 11.8. The molecule has 0 atom stereocenters. The maximum atomic E-state index is 11.1. The van der Waals surface area contributed by atoms with Crippen LogP contribution in [0.5, 0.6) is 0 Å². The number of ether oxygens (including phenoxy) is 1. The fourth-order valence-electron chi connectivity index (χ4n) is 1.61. The summed E-state index contributed by atoms with van der Waals surface area (Å²) in [5, 5.41) is 0. The maximum Gasteiger partial charge on any atom is 0.305 e. The van der Waals surface area contributed by atoms with E-state index >= 15 is 0 Å². The van der Waals surface area contributed by atoms with Crippen molar-refractivity contribution in [3.8, 4) is 0 Å². The third-order valence-electron chi connectivity index (χ3n) is 2.58.